The number of benzene rings is 1. The zero-order chi connectivity index (χ0) is 15.6. The molecule has 0 spiro atoms. The van der Waals surface area contributed by atoms with Crippen molar-refractivity contribution in [3.05, 3.63) is 52.8 Å². The van der Waals surface area contributed by atoms with E-state index in [9.17, 15) is 13.2 Å². The Morgan fingerprint density at radius 3 is 2.67 bits per heavy atom. The number of hydrogen-bond acceptors (Lipinski definition) is 3. The van der Waals surface area contributed by atoms with E-state index in [0.29, 0.717) is 0 Å². The fourth-order valence-electron chi connectivity index (χ4n) is 1.77. The van der Waals surface area contributed by atoms with E-state index in [0.717, 1.165) is 11.8 Å². The first-order valence-corrected chi connectivity index (χ1v) is 7.80. The molecule has 0 bridgehead atoms. The third-order valence-corrected chi connectivity index (χ3v) is 4.70. The molecule has 0 saturated carbocycles. The summed E-state index contributed by atoms with van der Waals surface area (Å²) in [7, 11) is -2.01. The normalized spacial score (nSPS) is 11.5. The van der Waals surface area contributed by atoms with Gasteiger partial charge in [-0.05, 0) is 30.3 Å². The largest absolute Gasteiger partial charge is 0.478 e. The molecule has 2 N–H and O–H groups in total. The highest BCUT2D eigenvalue weighted by Gasteiger charge is 2.18. The van der Waals surface area contributed by atoms with E-state index < -0.39 is 16.0 Å². The van der Waals surface area contributed by atoms with Gasteiger partial charge in [-0.3, -0.25) is 0 Å². The van der Waals surface area contributed by atoms with Gasteiger partial charge in [0.15, 0.2) is 0 Å². The zero-order valence-electron chi connectivity index (χ0n) is 11.1. The van der Waals surface area contributed by atoms with E-state index in [1.54, 1.807) is 29.9 Å². The molecule has 2 aromatic rings. The number of halogens is 1. The molecule has 8 heteroatoms. The molecule has 0 aliphatic rings. The molecule has 112 valence electrons. The highest BCUT2D eigenvalue weighted by atomic mass is 35.5. The molecule has 0 fully saturated rings. The predicted molar refractivity (Wildman–Crippen MR) is 77.8 cm³/mol. The van der Waals surface area contributed by atoms with Crippen LogP contribution in [0.3, 0.4) is 0 Å². The van der Waals surface area contributed by atoms with Crippen LogP contribution in [-0.4, -0.2) is 24.1 Å². The molecule has 0 unspecified atom stereocenters. The number of carboxylic acids is 1. The first-order chi connectivity index (χ1) is 9.81. The van der Waals surface area contributed by atoms with E-state index in [-0.39, 0.29) is 22.0 Å². The average Bonchev–Trinajstić information content (AvgIpc) is 2.82. The summed E-state index contributed by atoms with van der Waals surface area (Å²) in [5.74, 6) is -1.28. The van der Waals surface area contributed by atoms with E-state index in [1.165, 1.54) is 12.1 Å². The lowest BCUT2D eigenvalue weighted by Crippen LogP contribution is -2.24. The number of aryl methyl sites for hydroxylation is 1. The van der Waals surface area contributed by atoms with Crippen molar-refractivity contribution < 1.29 is 18.3 Å². The topological polar surface area (TPSA) is 88.4 Å². The molecular weight excluding hydrogens is 316 g/mol. The monoisotopic (exact) mass is 328 g/mol. The van der Waals surface area contributed by atoms with Crippen molar-refractivity contribution in [2.45, 2.75) is 11.4 Å². The van der Waals surface area contributed by atoms with Gasteiger partial charge in [0.25, 0.3) is 0 Å². The lowest BCUT2D eigenvalue weighted by Gasteiger charge is -2.09. The molecule has 6 nitrogen and oxygen atoms in total. The molecule has 0 saturated heterocycles. The maximum atomic E-state index is 12.2. The van der Waals surface area contributed by atoms with Gasteiger partial charge in [-0.1, -0.05) is 11.6 Å². The van der Waals surface area contributed by atoms with Gasteiger partial charge in [-0.2, -0.15) is 0 Å². The van der Waals surface area contributed by atoms with Crippen LogP contribution in [0.5, 0.6) is 0 Å². The van der Waals surface area contributed by atoms with Gasteiger partial charge in [-0.15, -0.1) is 0 Å². The third kappa shape index (κ3) is 3.44. The minimum absolute atomic E-state index is 0.0103. The quantitative estimate of drug-likeness (QED) is 0.876. The summed E-state index contributed by atoms with van der Waals surface area (Å²) in [5, 5.41) is 8.96. The zero-order valence-corrected chi connectivity index (χ0v) is 12.6. The van der Waals surface area contributed by atoms with Crippen LogP contribution in [0.15, 0.2) is 41.4 Å². The van der Waals surface area contributed by atoms with Gasteiger partial charge < -0.3 is 9.67 Å². The van der Waals surface area contributed by atoms with Gasteiger partial charge in [0.1, 0.15) is 0 Å². The minimum Gasteiger partial charge on any atom is -0.478 e. The van der Waals surface area contributed by atoms with Crippen LogP contribution in [0.4, 0.5) is 0 Å². The van der Waals surface area contributed by atoms with Gasteiger partial charge in [-0.25, -0.2) is 17.9 Å². The molecule has 1 aromatic heterocycles. The molecule has 1 aromatic carbocycles. The summed E-state index contributed by atoms with van der Waals surface area (Å²) in [6.45, 7) is 0.108. The van der Waals surface area contributed by atoms with Crippen molar-refractivity contribution in [3.63, 3.8) is 0 Å². The van der Waals surface area contributed by atoms with E-state index >= 15 is 0 Å². The second-order valence-corrected chi connectivity index (χ2v) is 6.56. The van der Waals surface area contributed by atoms with E-state index in [1.807, 2.05) is 0 Å². The SMILES string of the molecule is Cn1cccc1CNS(=O)(=O)c1ccc(Cl)c(C(=O)O)c1. The average molecular weight is 329 g/mol. The van der Waals surface area contributed by atoms with E-state index in [4.69, 9.17) is 16.7 Å². The number of sulfonamides is 1. The van der Waals surface area contributed by atoms with Gasteiger partial charge in [0.05, 0.1) is 22.0 Å². The third-order valence-electron chi connectivity index (χ3n) is 2.97. The molecule has 0 aliphatic heterocycles. The summed E-state index contributed by atoms with van der Waals surface area (Å²) >= 11 is 5.72. The van der Waals surface area contributed by atoms with Crippen LogP contribution in [-0.2, 0) is 23.6 Å². The van der Waals surface area contributed by atoms with Crippen LogP contribution in [0.2, 0.25) is 5.02 Å². The van der Waals surface area contributed by atoms with Crippen molar-refractivity contribution in [3.8, 4) is 0 Å². The number of hydrogen-bond donors (Lipinski definition) is 2. The Morgan fingerprint density at radius 1 is 1.38 bits per heavy atom. The first kappa shape index (κ1) is 15.6. The summed E-state index contributed by atoms with van der Waals surface area (Å²) in [6, 6.07) is 7.14. The van der Waals surface area contributed by atoms with Gasteiger partial charge >= 0.3 is 5.97 Å². The van der Waals surface area contributed by atoms with Crippen molar-refractivity contribution >= 4 is 27.6 Å². The highest BCUT2D eigenvalue weighted by Crippen LogP contribution is 2.20. The van der Waals surface area contributed by atoms with Crippen LogP contribution in [0, 0.1) is 0 Å². The van der Waals surface area contributed by atoms with Gasteiger partial charge in [0, 0.05) is 18.9 Å². The van der Waals surface area contributed by atoms with Crippen LogP contribution in [0.1, 0.15) is 16.1 Å². The highest BCUT2D eigenvalue weighted by molar-refractivity contribution is 7.89. The Hall–Kier alpha value is -1.83. The minimum atomic E-state index is -3.81. The summed E-state index contributed by atoms with van der Waals surface area (Å²) in [5.41, 5.74) is 0.532. The van der Waals surface area contributed by atoms with Crippen molar-refractivity contribution in [2.75, 3.05) is 0 Å². The lowest BCUT2D eigenvalue weighted by atomic mass is 10.2. The fourth-order valence-corrected chi connectivity index (χ4v) is 2.99. The molecule has 0 amide bonds. The maximum absolute atomic E-state index is 12.2. The summed E-state index contributed by atoms with van der Waals surface area (Å²) < 4.78 is 28.5. The Balaban J connectivity index is 2.26. The molecule has 0 atom stereocenters. The number of nitrogens with zero attached hydrogens (tertiary/aromatic N) is 1. The molecule has 1 heterocycles. The second-order valence-electron chi connectivity index (χ2n) is 4.38. The van der Waals surface area contributed by atoms with Crippen LogP contribution in [0.25, 0.3) is 0 Å². The Labute approximate surface area is 127 Å². The van der Waals surface area contributed by atoms with Crippen molar-refractivity contribution in [1.82, 2.24) is 9.29 Å². The number of aromatic nitrogens is 1. The Kier molecular flexibility index (Phi) is 4.36. The predicted octanol–water partition coefficient (Wildman–Crippen LogP) is 1.86. The van der Waals surface area contributed by atoms with Crippen LogP contribution < -0.4 is 4.72 Å². The number of nitrogens with one attached hydrogen (secondary N) is 1. The molecule has 0 aliphatic carbocycles. The van der Waals surface area contributed by atoms with Crippen molar-refractivity contribution in [2.24, 2.45) is 7.05 Å². The number of carbonyl (C=O) groups is 1. The number of rotatable bonds is 5. The van der Waals surface area contributed by atoms with Crippen molar-refractivity contribution in [1.29, 1.82) is 0 Å². The number of aromatic carboxylic acids is 1. The standard InChI is InChI=1S/C13H13ClN2O4S/c1-16-6-2-3-9(16)8-15-21(19,20)10-4-5-12(14)11(7-10)13(17)18/h2-7,15H,8H2,1H3,(H,17,18). The second kappa shape index (κ2) is 5.88. The summed E-state index contributed by atoms with van der Waals surface area (Å²) in [4.78, 5) is 10.8. The Morgan fingerprint density at radius 2 is 2.10 bits per heavy atom. The molecule has 21 heavy (non-hydrogen) atoms. The maximum Gasteiger partial charge on any atom is 0.337 e. The molecule has 0 radical (unpaired) electrons. The van der Waals surface area contributed by atoms with Crippen LogP contribution >= 0.6 is 11.6 Å². The first-order valence-electron chi connectivity index (χ1n) is 5.94. The summed E-state index contributed by atoms with van der Waals surface area (Å²) in [6.07, 6.45) is 1.80. The smallest absolute Gasteiger partial charge is 0.337 e. The van der Waals surface area contributed by atoms with E-state index in [2.05, 4.69) is 4.72 Å². The van der Waals surface area contributed by atoms with Gasteiger partial charge in [0.2, 0.25) is 10.0 Å². The molecular formula is C13H13ClN2O4S. The number of carboxylic acid groups (broad SMARTS) is 1. The lowest BCUT2D eigenvalue weighted by molar-refractivity contribution is 0.0697. The molecule has 2 rings (SSSR count). The Bertz CT molecular complexity index is 783. The fraction of sp³-hybridized carbons (Fsp3) is 0.154.